The van der Waals surface area contributed by atoms with Crippen LogP contribution in [0.5, 0.6) is 0 Å². The number of carbonyl (C=O) groups excluding carboxylic acids is 1. The first-order valence-corrected chi connectivity index (χ1v) is 7.85. The van der Waals surface area contributed by atoms with Crippen LogP contribution in [0.3, 0.4) is 0 Å². The molecule has 5 nitrogen and oxygen atoms in total. The smallest absolute Gasteiger partial charge is 0.284 e. The molecule has 0 aliphatic carbocycles. The molecule has 120 valence electrons. The number of hydrogen-bond acceptors (Lipinski definition) is 3. The second-order valence-electron chi connectivity index (χ2n) is 6.15. The topological polar surface area (TPSA) is 72.2 Å². The zero-order chi connectivity index (χ0) is 17.2. The summed E-state index contributed by atoms with van der Waals surface area (Å²) in [7, 11) is 0. The van der Waals surface area contributed by atoms with Gasteiger partial charge in [-0.25, -0.2) is 0 Å². The molecule has 0 radical (unpaired) electrons. The van der Waals surface area contributed by atoms with Gasteiger partial charge in [-0.2, -0.15) is 0 Å². The van der Waals surface area contributed by atoms with E-state index in [9.17, 15) is 14.9 Å². The maximum atomic E-state index is 12.5. The van der Waals surface area contributed by atoms with Gasteiger partial charge in [-0.15, -0.1) is 0 Å². The van der Waals surface area contributed by atoms with Crippen molar-refractivity contribution in [2.24, 2.45) is 0 Å². The Bertz CT molecular complexity index is 767. The normalized spacial score (nSPS) is 11.1. The minimum absolute atomic E-state index is 0.135. The number of amides is 1. The first-order chi connectivity index (χ1) is 10.7. The van der Waals surface area contributed by atoms with Gasteiger partial charge in [-0.3, -0.25) is 14.9 Å². The molecule has 0 aliphatic rings. The number of benzene rings is 2. The van der Waals surface area contributed by atoms with E-state index in [1.807, 2.05) is 24.3 Å². The molecule has 0 unspecified atom stereocenters. The van der Waals surface area contributed by atoms with E-state index >= 15 is 0 Å². The van der Waals surface area contributed by atoms with Crippen LogP contribution >= 0.6 is 15.9 Å². The van der Waals surface area contributed by atoms with Crippen molar-refractivity contribution >= 4 is 33.2 Å². The Balaban J connectivity index is 2.38. The molecule has 1 amide bonds. The summed E-state index contributed by atoms with van der Waals surface area (Å²) < 4.78 is 0.177. The Labute approximate surface area is 143 Å². The van der Waals surface area contributed by atoms with E-state index in [2.05, 4.69) is 42.0 Å². The first kappa shape index (κ1) is 17.1. The highest BCUT2D eigenvalue weighted by molar-refractivity contribution is 9.10. The molecule has 0 fully saturated rings. The third-order valence-electron chi connectivity index (χ3n) is 3.40. The highest BCUT2D eigenvalue weighted by Crippen LogP contribution is 2.32. The summed E-state index contributed by atoms with van der Waals surface area (Å²) in [6, 6.07) is 11.9. The fourth-order valence-corrected chi connectivity index (χ4v) is 2.86. The van der Waals surface area contributed by atoms with E-state index in [1.165, 1.54) is 12.1 Å². The SMILES string of the molecule is CC(C)(C)c1ccccc1NC(=O)c1cccc([N+](=O)[O-])c1Br. The number of anilines is 1. The van der Waals surface area contributed by atoms with E-state index in [0.29, 0.717) is 5.69 Å². The molecule has 1 N–H and O–H groups in total. The highest BCUT2D eigenvalue weighted by Gasteiger charge is 2.22. The molecule has 0 saturated carbocycles. The van der Waals surface area contributed by atoms with Crippen molar-refractivity contribution in [3.8, 4) is 0 Å². The van der Waals surface area contributed by atoms with E-state index < -0.39 is 10.8 Å². The maximum absolute atomic E-state index is 12.5. The van der Waals surface area contributed by atoms with Gasteiger partial charge in [0.25, 0.3) is 11.6 Å². The standard InChI is InChI=1S/C17H17BrN2O3/c1-17(2,3)12-8-4-5-9-13(12)19-16(21)11-7-6-10-14(15(11)18)20(22)23/h4-10H,1-3H3,(H,19,21). The maximum Gasteiger partial charge on any atom is 0.284 e. The van der Waals surface area contributed by atoms with Crippen molar-refractivity contribution in [3.05, 3.63) is 68.2 Å². The number of nitro groups is 1. The van der Waals surface area contributed by atoms with Crippen molar-refractivity contribution < 1.29 is 9.72 Å². The van der Waals surface area contributed by atoms with Crippen molar-refractivity contribution in [2.75, 3.05) is 5.32 Å². The predicted molar refractivity (Wildman–Crippen MR) is 93.9 cm³/mol. The molecule has 0 saturated heterocycles. The summed E-state index contributed by atoms with van der Waals surface area (Å²) in [5.41, 5.74) is 1.65. The van der Waals surface area contributed by atoms with Crippen LogP contribution in [0.2, 0.25) is 0 Å². The average molecular weight is 377 g/mol. The summed E-state index contributed by atoms with van der Waals surface area (Å²) in [6.07, 6.45) is 0. The molecular weight excluding hydrogens is 360 g/mol. The lowest BCUT2D eigenvalue weighted by atomic mass is 9.86. The van der Waals surface area contributed by atoms with Gasteiger partial charge in [0.05, 0.1) is 10.5 Å². The Kier molecular flexibility index (Phi) is 4.85. The average Bonchev–Trinajstić information content (AvgIpc) is 2.46. The minimum atomic E-state index is -0.524. The summed E-state index contributed by atoms with van der Waals surface area (Å²) in [4.78, 5) is 23.0. The fraction of sp³-hybridized carbons (Fsp3) is 0.235. The number of para-hydroxylation sites is 1. The summed E-state index contributed by atoms with van der Waals surface area (Å²) in [5.74, 6) is -0.391. The van der Waals surface area contributed by atoms with Crippen LogP contribution in [0.4, 0.5) is 11.4 Å². The Morgan fingerprint density at radius 1 is 1.13 bits per heavy atom. The van der Waals surface area contributed by atoms with E-state index in [4.69, 9.17) is 0 Å². The predicted octanol–water partition coefficient (Wildman–Crippen LogP) is 4.91. The second kappa shape index (κ2) is 6.50. The molecule has 0 heterocycles. The number of hydrogen-bond donors (Lipinski definition) is 1. The molecule has 2 aromatic carbocycles. The number of carbonyl (C=O) groups is 1. The first-order valence-electron chi connectivity index (χ1n) is 7.05. The number of rotatable bonds is 3. The van der Waals surface area contributed by atoms with Crippen molar-refractivity contribution in [2.45, 2.75) is 26.2 Å². The minimum Gasteiger partial charge on any atom is -0.322 e. The van der Waals surface area contributed by atoms with Gasteiger partial charge in [0.15, 0.2) is 0 Å². The zero-order valence-corrected chi connectivity index (χ0v) is 14.7. The molecular formula is C17H17BrN2O3. The molecule has 23 heavy (non-hydrogen) atoms. The van der Waals surface area contributed by atoms with Crippen molar-refractivity contribution in [3.63, 3.8) is 0 Å². The summed E-state index contributed by atoms with van der Waals surface area (Å²) in [6.45, 7) is 6.17. The molecule has 6 heteroatoms. The molecule has 0 bridgehead atoms. The number of nitrogens with zero attached hydrogens (tertiary/aromatic N) is 1. The van der Waals surface area contributed by atoms with Crippen LogP contribution in [0, 0.1) is 10.1 Å². The monoisotopic (exact) mass is 376 g/mol. The summed E-state index contributed by atoms with van der Waals surface area (Å²) in [5, 5.41) is 13.8. The van der Waals surface area contributed by atoms with Gasteiger partial charge in [0, 0.05) is 11.8 Å². The quantitative estimate of drug-likeness (QED) is 0.610. The molecule has 2 rings (SSSR count). The van der Waals surface area contributed by atoms with Gasteiger partial charge in [0.1, 0.15) is 4.47 Å². The summed E-state index contributed by atoms with van der Waals surface area (Å²) >= 11 is 3.15. The lowest BCUT2D eigenvalue weighted by Crippen LogP contribution is -2.19. The Morgan fingerprint density at radius 2 is 1.78 bits per heavy atom. The molecule has 0 aliphatic heterocycles. The third kappa shape index (κ3) is 3.76. The van der Waals surface area contributed by atoms with E-state index in [1.54, 1.807) is 6.07 Å². The third-order valence-corrected chi connectivity index (χ3v) is 4.24. The van der Waals surface area contributed by atoms with Crippen LogP contribution in [-0.2, 0) is 5.41 Å². The van der Waals surface area contributed by atoms with Crippen LogP contribution in [0.25, 0.3) is 0 Å². The second-order valence-corrected chi connectivity index (χ2v) is 6.94. The molecule has 0 spiro atoms. The van der Waals surface area contributed by atoms with Crippen LogP contribution in [0.15, 0.2) is 46.9 Å². The number of nitrogens with one attached hydrogen (secondary N) is 1. The largest absolute Gasteiger partial charge is 0.322 e. The fourth-order valence-electron chi connectivity index (χ4n) is 2.27. The molecule has 0 aromatic heterocycles. The van der Waals surface area contributed by atoms with Crippen LogP contribution in [0.1, 0.15) is 36.7 Å². The lowest BCUT2D eigenvalue weighted by molar-refractivity contribution is -0.385. The number of halogens is 1. The van der Waals surface area contributed by atoms with Gasteiger partial charge in [-0.05, 0) is 39.0 Å². The van der Waals surface area contributed by atoms with Gasteiger partial charge < -0.3 is 5.32 Å². The highest BCUT2D eigenvalue weighted by atomic mass is 79.9. The van der Waals surface area contributed by atoms with Gasteiger partial charge >= 0.3 is 0 Å². The molecule has 0 atom stereocenters. The Morgan fingerprint density at radius 3 is 2.39 bits per heavy atom. The zero-order valence-electron chi connectivity index (χ0n) is 13.1. The molecule has 2 aromatic rings. The van der Waals surface area contributed by atoms with Crippen molar-refractivity contribution in [1.29, 1.82) is 0 Å². The number of nitro benzene ring substituents is 1. The van der Waals surface area contributed by atoms with Gasteiger partial charge in [-0.1, -0.05) is 45.0 Å². The van der Waals surface area contributed by atoms with Gasteiger partial charge in [0.2, 0.25) is 0 Å². The van der Waals surface area contributed by atoms with Crippen LogP contribution in [-0.4, -0.2) is 10.8 Å². The van der Waals surface area contributed by atoms with Crippen molar-refractivity contribution in [1.82, 2.24) is 0 Å². The lowest BCUT2D eigenvalue weighted by Gasteiger charge is -2.23. The Hall–Kier alpha value is -2.21. The van der Waals surface area contributed by atoms with E-state index in [0.717, 1.165) is 5.56 Å². The van der Waals surface area contributed by atoms with Crippen LogP contribution < -0.4 is 5.32 Å². The van der Waals surface area contributed by atoms with E-state index in [-0.39, 0.29) is 21.1 Å².